The molecule has 0 spiro atoms. The molecule has 2 rings (SSSR count). The molecule has 0 saturated heterocycles. The Morgan fingerprint density at radius 3 is 2.17 bits per heavy atom. The van der Waals surface area contributed by atoms with Crippen LogP contribution in [-0.4, -0.2) is 17.7 Å². The molecule has 0 aliphatic heterocycles. The maximum Gasteiger partial charge on any atom is 0.308 e. The second kappa shape index (κ2) is 7.35. The molecule has 0 saturated carbocycles. The summed E-state index contributed by atoms with van der Waals surface area (Å²) >= 11 is 0. The minimum atomic E-state index is -0.490. The van der Waals surface area contributed by atoms with Crippen molar-refractivity contribution < 1.29 is 23.9 Å². The zero-order chi connectivity index (χ0) is 16.8. The lowest BCUT2D eigenvalue weighted by Crippen LogP contribution is -2.08. The van der Waals surface area contributed by atoms with Gasteiger partial charge in [0.05, 0.1) is 0 Å². The van der Waals surface area contributed by atoms with E-state index in [9.17, 15) is 14.4 Å². The molecule has 0 heterocycles. The number of hydrogen-bond acceptors (Lipinski definition) is 5. The van der Waals surface area contributed by atoms with E-state index < -0.39 is 11.9 Å². The van der Waals surface area contributed by atoms with Crippen LogP contribution in [0.5, 0.6) is 5.75 Å². The average molecular weight is 312 g/mol. The number of ether oxygens (including phenoxy) is 2. The molecule has 0 aromatic heterocycles. The van der Waals surface area contributed by atoms with E-state index in [1.807, 2.05) is 6.07 Å². The fraction of sp³-hybridized carbons (Fsp3) is 0.167. The Kier molecular flexibility index (Phi) is 5.25. The molecule has 0 atom stereocenters. The lowest BCUT2D eigenvalue weighted by Gasteiger charge is -2.11. The van der Waals surface area contributed by atoms with Crippen LogP contribution in [0.25, 0.3) is 0 Å². The fourth-order valence-electron chi connectivity index (χ4n) is 2.02. The van der Waals surface area contributed by atoms with Crippen LogP contribution in [-0.2, 0) is 20.9 Å². The van der Waals surface area contributed by atoms with Crippen molar-refractivity contribution in [1.29, 1.82) is 0 Å². The first-order valence-corrected chi connectivity index (χ1v) is 7.02. The van der Waals surface area contributed by atoms with Crippen molar-refractivity contribution in [3.8, 4) is 5.75 Å². The standard InChI is InChI=1S/C18H16O5/c1-12(19)22-11-16-10-15(8-9-17(16)23-13(2)20)18(21)14-6-4-3-5-7-14/h3-10H,11H2,1-2H3. The summed E-state index contributed by atoms with van der Waals surface area (Å²) in [6, 6.07) is 13.5. The highest BCUT2D eigenvalue weighted by molar-refractivity contribution is 6.09. The smallest absolute Gasteiger partial charge is 0.308 e. The number of carbonyl (C=O) groups is 3. The predicted molar refractivity (Wildman–Crippen MR) is 83.1 cm³/mol. The summed E-state index contributed by atoms with van der Waals surface area (Å²) in [7, 11) is 0. The second-order valence-corrected chi connectivity index (χ2v) is 4.89. The summed E-state index contributed by atoms with van der Waals surface area (Å²) in [5.41, 5.74) is 1.43. The lowest BCUT2D eigenvalue weighted by molar-refractivity contribution is -0.142. The van der Waals surface area contributed by atoms with Gasteiger partial charge in [-0.1, -0.05) is 30.3 Å². The minimum Gasteiger partial charge on any atom is -0.461 e. The van der Waals surface area contributed by atoms with Crippen LogP contribution >= 0.6 is 0 Å². The summed E-state index contributed by atoms with van der Waals surface area (Å²) in [5.74, 6) is -0.845. The van der Waals surface area contributed by atoms with Crippen LogP contribution in [0.15, 0.2) is 48.5 Å². The van der Waals surface area contributed by atoms with Gasteiger partial charge in [-0.15, -0.1) is 0 Å². The van der Waals surface area contributed by atoms with Gasteiger partial charge in [-0.05, 0) is 18.2 Å². The zero-order valence-corrected chi connectivity index (χ0v) is 12.9. The van der Waals surface area contributed by atoms with E-state index in [1.54, 1.807) is 36.4 Å². The Labute approximate surface area is 133 Å². The molecule has 118 valence electrons. The summed E-state index contributed by atoms with van der Waals surface area (Å²) in [6.07, 6.45) is 0. The van der Waals surface area contributed by atoms with Crippen molar-refractivity contribution in [3.05, 3.63) is 65.2 Å². The molecule has 0 aliphatic rings. The van der Waals surface area contributed by atoms with Gasteiger partial charge in [0.1, 0.15) is 12.4 Å². The number of hydrogen-bond donors (Lipinski definition) is 0. The molecule has 0 amide bonds. The van der Waals surface area contributed by atoms with Gasteiger partial charge in [0.15, 0.2) is 5.78 Å². The van der Waals surface area contributed by atoms with Crippen molar-refractivity contribution in [2.24, 2.45) is 0 Å². The lowest BCUT2D eigenvalue weighted by atomic mass is 10.0. The maximum atomic E-state index is 12.5. The molecule has 0 aliphatic carbocycles. The number of esters is 2. The summed E-state index contributed by atoms with van der Waals surface area (Å²) in [6.45, 7) is 2.48. The van der Waals surface area contributed by atoms with Gasteiger partial charge in [0.25, 0.3) is 0 Å². The summed E-state index contributed by atoms with van der Waals surface area (Å²) in [4.78, 5) is 34.6. The molecular weight excluding hydrogens is 296 g/mol. The Bertz CT molecular complexity index is 734. The van der Waals surface area contributed by atoms with Crippen molar-refractivity contribution in [2.45, 2.75) is 20.5 Å². The first-order chi connectivity index (χ1) is 11.0. The van der Waals surface area contributed by atoms with Gasteiger partial charge in [-0.2, -0.15) is 0 Å². The van der Waals surface area contributed by atoms with E-state index in [1.165, 1.54) is 19.9 Å². The van der Waals surface area contributed by atoms with Crippen LogP contribution < -0.4 is 4.74 Å². The van der Waals surface area contributed by atoms with E-state index in [-0.39, 0.29) is 18.1 Å². The number of carbonyl (C=O) groups excluding carboxylic acids is 3. The molecular formula is C18H16O5. The topological polar surface area (TPSA) is 69.7 Å². The van der Waals surface area contributed by atoms with E-state index in [0.29, 0.717) is 16.7 Å². The van der Waals surface area contributed by atoms with Gasteiger partial charge in [0.2, 0.25) is 0 Å². The third-order valence-corrected chi connectivity index (χ3v) is 3.04. The van der Waals surface area contributed by atoms with E-state index in [4.69, 9.17) is 9.47 Å². The quantitative estimate of drug-likeness (QED) is 0.482. The highest BCUT2D eigenvalue weighted by atomic mass is 16.5. The average Bonchev–Trinajstić information content (AvgIpc) is 2.53. The van der Waals surface area contributed by atoms with Gasteiger partial charge < -0.3 is 9.47 Å². The zero-order valence-electron chi connectivity index (χ0n) is 12.9. The van der Waals surface area contributed by atoms with Crippen LogP contribution in [0.4, 0.5) is 0 Å². The Balaban J connectivity index is 2.34. The second-order valence-electron chi connectivity index (χ2n) is 4.89. The van der Waals surface area contributed by atoms with Gasteiger partial charge in [0, 0.05) is 30.5 Å². The van der Waals surface area contributed by atoms with Crippen molar-refractivity contribution >= 4 is 17.7 Å². The molecule has 0 radical (unpaired) electrons. The van der Waals surface area contributed by atoms with Gasteiger partial charge in [-0.3, -0.25) is 14.4 Å². The van der Waals surface area contributed by atoms with Crippen LogP contribution in [0.3, 0.4) is 0 Å². The minimum absolute atomic E-state index is 0.0755. The SMILES string of the molecule is CC(=O)OCc1cc(C(=O)c2ccccc2)ccc1OC(C)=O. The maximum absolute atomic E-state index is 12.5. The fourth-order valence-corrected chi connectivity index (χ4v) is 2.02. The van der Waals surface area contributed by atoms with E-state index in [0.717, 1.165) is 0 Å². The van der Waals surface area contributed by atoms with Crippen molar-refractivity contribution in [3.63, 3.8) is 0 Å². The monoisotopic (exact) mass is 312 g/mol. The molecule has 23 heavy (non-hydrogen) atoms. The Morgan fingerprint density at radius 1 is 0.870 bits per heavy atom. The predicted octanol–water partition coefficient (Wildman–Crippen LogP) is 2.91. The van der Waals surface area contributed by atoms with Gasteiger partial charge in [-0.25, -0.2) is 0 Å². The molecule has 0 bridgehead atoms. The number of benzene rings is 2. The largest absolute Gasteiger partial charge is 0.461 e. The van der Waals surface area contributed by atoms with E-state index >= 15 is 0 Å². The molecule has 0 fully saturated rings. The molecule has 5 heteroatoms. The molecule has 0 N–H and O–H groups in total. The molecule has 0 unspecified atom stereocenters. The van der Waals surface area contributed by atoms with Crippen molar-refractivity contribution in [1.82, 2.24) is 0 Å². The number of rotatable bonds is 5. The summed E-state index contributed by atoms with van der Waals surface area (Å²) in [5, 5.41) is 0. The van der Waals surface area contributed by atoms with Crippen LogP contribution in [0.1, 0.15) is 35.3 Å². The highest BCUT2D eigenvalue weighted by Gasteiger charge is 2.14. The third kappa shape index (κ3) is 4.51. The van der Waals surface area contributed by atoms with Crippen molar-refractivity contribution in [2.75, 3.05) is 0 Å². The first-order valence-electron chi connectivity index (χ1n) is 7.02. The molecule has 2 aromatic carbocycles. The Hall–Kier alpha value is -2.95. The van der Waals surface area contributed by atoms with Crippen LogP contribution in [0.2, 0.25) is 0 Å². The molecule has 5 nitrogen and oxygen atoms in total. The highest BCUT2D eigenvalue weighted by Crippen LogP contribution is 2.23. The molecule has 2 aromatic rings. The van der Waals surface area contributed by atoms with Gasteiger partial charge >= 0.3 is 11.9 Å². The van der Waals surface area contributed by atoms with Crippen LogP contribution in [0, 0.1) is 0 Å². The number of ketones is 1. The first kappa shape index (κ1) is 16.4. The summed E-state index contributed by atoms with van der Waals surface area (Å²) < 4.78 is 10.0. The normalized spacial score (nSPS) is 10.0. The van der Waals surface area contributed by atoms with E-state index in [2.05, 4.69) is 0 Å². The Morgan fingerprint density at radius 2 is 1.57 bits per heavy atom. The third-order valence-electron chi connectivity index (χ3n) is 3.04.